The zero-order chi connectivity index (χ0) is 18.4. The third kappa shape index (κ3) is 4.58. The van der Waals surface area contributed by atoms with Gasteiger partial charge in [0.2, 0.25) is 0 Å². The minimum Gasteiger partial charge on any atom is -0.383 e. The van der Waals surface area contributed by atoms with Crippen LogP contribution in [0.1, 0.15) is 15.9 Å². The summed E-state index contributed by atoms with van der Waals surface area (Å²) >= 11 is 5.89. The number of carbonyl (C=O) groups is 1. The zero-order valence-electron chi connectivity index (χ0n) is 13.9. The van der Waals surface area contributed by atoms with Crippen LogP contribution in [0.3, 0.4) is 0 Å². The van der Waals surface area contributed by atoms with Crippen LogP contribution in [0.25, 0.3) is 0 Å². The van der Waals surface area contributed by atoms with E-state index in [4.69, 9.17) is 11.6 Å². The van der Waals surface area contributed by atoms with E-state index in [1.165, 1.54) is 23.8 Å². The molecule has 3 aromatic rings. The molecule has 0 fully saturated rings. The maximum Gasteiger partial charge on any atom is 0.261 e. The summed E-state index contributed by atoms with van der Waals surface area (Å²) in [5.41, 5.74) is 1.89. The van der Waals surface area contributed by atoms with Gasteiger partial charge in [-0.15, -0.1) is 0 Å². The molecule has 0 radical (unpaired) electrons. The van der Waals surface area contributed by atoms with Gasteiger partial charge in [-0.1, -0.05) is 48.0 Å². The molecule has 0 aliphatic heterocycles. The first-order valence-corrected chi connectivity index (χ1v) is 8.50. The van der Waals surface area contributed by atoms with Crippen LogP contribution in [0.5, 0.6) is 0 Å². The number of nitrogens with one attached hydrogen (secondary N) is 2. The van der Waals surface area contributed by atoms with Crippen molar-refractivity contribution in [3.63, 3.8) is 0 Å². The molecule has 3 rings (SSSR count). The van der Waals surface area contributed by atoms with Gasteiger partial charge in [-0.25, -0.2) is 9.37 Å². The Bertz CT molecular complexity index is 865. The van der Waals surface area contributed by atoms with Crippen LogP contribution in [-0.4, -0.2) is 17.4 Å². The van der Waals surface area contributed by atoms with Crippen molar-refractivity contribution in [2.75, 3.05) is 17.2 Å². The van der Waals surface area contributed by atoms with Crippen molar-refractivity contribution < 1.29 is 9.18 Å². The smallest absolute Gasteiger partial charge is 0.261 e. The van der Waals surface area contributed by atoms with Crippen LogP contribution in [0.2, 0.25) is 5.02 Å². The molecule has 1 aromatic heterocycles. The van der Waals surface area contributed by atoms with Gasteiger partial charge in [0.15, 0.2) is 0 Å². The molecule has 26 heavy (non-hydrogen) atoms. The Hall–Kier alpha value is -2.92. The first kappa shape index (κ1) is 17.9. The number of aromatic nitrogens is 1. The van der Waals surface area contributed by atoms with E-state index in [2.05, 4.69) is 27.8 Å². The number of halogens is 2. The van der Waals surface area contributed by atoms with Gasteiger partial charge < -0.3 is 10.6 Å². The fourth-order valence-corrected chi connectivity index (χ4v) is 2.71. The van der Waals surface area contributed by atoms with E-state index in [-0.39, 0.29) is 10.6 Å². The van der Waals surface area contributed by atoms with Crippen molar-refractivity contribution in [1.82, 2.24) is 4.98 Å². The van der Waals surface area contributed by atoms with Crippen LogP contribution in [0.4, 0.5) is 15.9 Å². The Balaban J connectivity index is 1.57. The lowest BCUT2D eigenvalue weighted by Crippen LogP contribution is -2.15. The normalized spacial score (nSPS) is 10.4. The molecule has 0 unspecified atom stereocenters. The Morgan fingerprint density at radius 1 is 1.04 bits per heavy atom. The third-order valence-corrected chi connectivity index (χ3v) is 4.10. The largest absolute Gasteiger partial charge is 0.383 e. The standard InChI is InChI=1S/C20H17ClFN3O/c21-16-7-4-8-17(22)19(16)20(26)25-18-10-9-15(13-24-18)23-12-11-14-5-2-1-3-6-14/h1-10,13,23H,11-12H2,(H,24,25,26). The summed E-state index contributed by atoms with van der Waals surface area (Å²) in [5, 5.41) is 5.87. The predicted molar refractivity (Wildman–Crippen MR) is 102 cm³/mol. The summed E-state index contributed by atoms with van der Waals surface area (Å²) in [6.45, 7) is 0.766. The van der Waals surface area contributed by atoms with E-state index in [9.17, 15) is 9.18 Å². The highest BCUT2D eigenvalue weighted by molar-refractivity contribution is 6.34. The quantitative estimate of drug-likeness (QED) is 0.657. The SMILES string of the molecule is O=C(Nc1ccc(NCCc2ccccc2)cn1)c1c(F)cccc1Cl. The summed E-state index contributed by atoms with van der Waals surface area (Å²) < 4.78 is 13.8. The van der Waals surface area contributed by atoms with Gasteiger partial charge in [0, 0.05) is 6.54 Å². The molecule has 2 aromatic carbocycles. The highest BCUT2D eigenvalue weighted by Crippen LogP contribution is 2.20. The molecular weight excluding hydrogens is 353 g/mol. The summed E-state index contributed by atoms with van der Waals surface area (Å²) in [6.07, 6.45) is 2.51. The monoisotopic (exact) mass is 369 g/mol. The van der Waals surface area contributed by atoms with E-state index < -0.39 is 11.7 Å². The molecule has 0 aliphatic carbocycles. The number of nitrogens with zero attached hydrogens (tertiary/aromatic N) is 1. The first-order valence-electron chi connectivity index (χ1n) is 8.13. The molecule has 1 amide bonds. The molecule has 0 aliphatic rings. The van der Waals surface area contributed by atoms with Crippen molar-refractivity contribution in [2.45, 2.75) is 6.42 Å². The fourth-order valence-electron chi connectivity index (χ4n) is 2.46. The van der Waals surface area contributed by atoms with E-state index in [1.54, 1.807) is 18.3 Å². The lowest BCUT2D eigenvalue weighted by atomic mass is 10.1. The Morgan fingerprint density at radius 2 is 1.85 bits per heavy atom. The Morgan fingerprint density at radius 3 is 2.54 bits per heavy atom. The number of rotatable bonds is 6. The van der Waals surface area contributed by atoms with Crippen molar-refractivity contribution in [1.29, 1.82) is 0 Å². The molecule has 4 nitrogen and oxygen atoms in total. The first-order chi connectivity index (χ1) is 12.6. The van der Waals surface area contributed by atoms with Gasteiger partial charge in [0.05, 0.1) is 22.5 Å². The lowest BCUT2D eigenvalue weighted by molar-refractivity contribution is 0.102. The van der Waals surface area contributed by atoms with Crippen molar-refractivity contribution in [3.8, 4) is 0 Å². The molecule has 0 bridgehead atoms. The molecule has 0 atom stereocenters. The number of amides is 1. The maximum atomic E-state index is 13.8. The van der Waals surface area contributed by atoms with Crippen molar-refractivity contribution in [2.24, 2.45) is 0 Å². The van der Waals surface area contributed by atoms with Gasteiger partial charge >= 0.3 is 0 Å². The van der Waals surface area contributed by atoms with Gasteiger partial charge in [-0.05, 0) is 36.2 Å². The van der Waals surface area contributed by atoms with Crippen LogP contribution < -0.4 is 10.6 Å². The second kappa shape index (κ2) is 8.45. The van der Waals surface area contributed by atoms with Gasteiger partial charge in [0.1, 0.15) is 11.6 Å². The van der Waals surface area contributed by atoms with Gasteiger partial charge in [-0.2, -0.15) is 0 Å². The summed E-state index contributed by atoms with van der Waals surface area (Å²) in [6, 6.07) is 17.7. The molecule has 0 saturated carbocycles. The molecule has 1 heterocycles. The number of benzene rings is 2. The number of hydrogen-bond acceptors (Lipinski definition) is 3. The highest BCUT2D eigenvalue weighted by Gasteiger charge is 2.16. The number of anilines is 2. The highest BCUT2D eigenvalue weighted by atomic mass is 35.5. The summed E-state index contributed by atoms with van der Waals surface area (Å²) in [7, 11) is 0. The average molecular weight is 370 g/mol. The summed E-state index contributed by atoms with van der Waals surface area (Å²) in [5.74, 6) is -0.984. The average Bonchev–Trinajstić information content (AvgIpc) is 2.64. The Labute approximate surface area is 156 Å². The van der Waals surface area contributed by atoms with Crippen LogP contribution in [-0.2, 0) is 6.42 Å². The van der Waals surface area contributed by atoms with E-state index in [0.29, 0.717) is 5.82 Å². The molecular formula is C20H17ClFN3O. The van der Waals surface area contributed by atoms with Crippen LogP contribution >= 0.6 is 11.6 Å². The minimum atomic E-state index is -0.672. The molecule has 0 spiro atoms. The Kier molecular flexibility index (Phi) is 5.81. The van der Waals surface area contributed by atoms with Crippen LogP contribution in [0.15, 0.2) is 66.9 Å². The predicted octanol–water partition coefficient (Wildman–Crippen LogP) is 4.78. The number of carbonyl (C=O) groups excluding carboxylic acids is 1. The topological polar surface area (TPSA) is 54.0 Å². The van der Waals surface area contributed by atoms with E-state index in [1.807, 2.05) is 18.2 Å². The van der Waals surface area contributed by atoms with E-state index >= 15 is 0 Å². The number of pyridine rings is 1. The van der Waals surface area contributed by atoms with E-state index in [0.717, 1.165) is 18.7 Å². The minimum absolute atomic E-state index is 0.0571. The molecule has 6 heteroatoms. The molecule has 132 valence electrons. The third-order valence-electron chi connectivity index (χ3n) is 3.78. The van der Waals surface area contributed by atoms with Crippen molar-refractivity contribution in [3.05, 3.63) is 88.8 Å². The second-order valence-corrected chi connectivity index (χ2v) is 6.05. The molecule has 0 saturated heterocycles. The zero-order valence-corrected chi connectivity index (χ0v) is 14.6. The maximum absolute atomic E-state index is 13.8. The molecule has 2 N–H and O–H groups in total. The van der Waals surface area contributed by atoms with Crippen molar-refractivity contribution >= 4 is 29.0 Å². The second-order valence-electron chi connectivity index (χ2n) is 5.65. The number of hydrogen-bond donors (Lipinski definition) is 2. The lowest BCUT2D eigenvalue weighted by Gasteiger charge is -2.09. The summed E-state index contributed by atoms with van der Waals surface area (Å²) in [4.78, 5) is 16.3. The fraction of sp³-hybridized carbons (Fsp3) is 0.100. The van der Waals surface area contributed by atoms with Crippen LogP contribution in [0, 0.1) is 5.82 Å². The van der Waals surface area contributed by atoms with Gasteiger partial charge in [-0.3, -0.25) is 4.79 Å². The van der Waals surface area contributed by atoms with Gasteiger partial charge in [0.25, 0.3) is 5.91 Å².